The minimum Gasteiger partial charge on any atom is -0.497 e. The van der Waals surface area contributed by atoms with Crippen molar-refractivity contribution >= 4 is 5.91 Å². The summed E-state index contributed by atoms with van der Waals surface area (Å²) in [5, 5.41) is 3.22. The molecule has 1 atom stereocenters. The lowest BCUT2D eigenvalue weighted by atomic mass is 9.78. The molecule has 2 fully saturated rings. The minimum atomic E-state index is 0.00154. The Morgan fingerprint density at radius 1 is 1.30 bits per heavy atom. The molecule has 1 aromatic carbocycles. The van der Waals surface area contributed by atoms with Crippen LogP contribution in [-0.4, -0.2) is 56.3 Å². The molecule has 0 aromatic heterocycles. The summed E-state index contributed by atoms with van der Waals surface area (Å²) < 4.78 is 11.1. The third kappa shape index (κ3) is 5.02. The quantitative estimate of drug-likeness (QED) is 0.797. The number of carbonyl (C=O) groups is 1. The molecule has 27 heavy (non-hydrogen) atoms. The first kappa shape index (κ1) is 20.2. The van der Waals surface area contributed by atoms with E-state index in [4.69, 9.17) is 9.47 Å². The smallest absolute Gasteiger partial charge is 0.222 e. The largest absolute Gasteiger partial charge is 0.497 e. The van der Waals surface area contributed by atoms with Crippen molar-refractivity contribution in [1.29, 1.82) is 0 Å². The number of ether oxygens (including phenoxy) is 2. The molecule has 1 aromatic rings. The van der Waals surface area contributed by atoms with E-state index in [0.29, 0.717) is 25.6 Å². The first-order valence-electron chi connectivity index (χ1n) is 10.3. The van der Waals surface area contributed by atoms with Gasteiger partial charge in [-0.05, 0) is 44.4 Å². The van der Waals surface area contributed by atoms with Crippen LogP contribution < -0.4 is 10.1 Å². The maximum Gasteiger partial charge on any atom is 0.222 e. The Bertz CT molecular complexity index is 608. The van der Waals surface area contributed by atoms with E-state index in [9.17, 15) is 4.79 Å². The lowest BCUT2D eigenvalue weighted by Crippen LogP contribution is -2.48. The summed E-state index contributed by atoms with van der Waals surface area (Å²) in [6, 6.07) is 8.85. The van der Waals surface area contributed by atoms with Gasteiger partial charge in [0.2, 0.25) is 5.91 Å². The summed E-state index contributed by atoms with van der Waals surface area (Å²) in [6.07, 6.45) is 5.14. The number of amides is 1. The molecule has 1 unspecified atom stereocenters. The van der Waals surface area contributed by atoms with Gasteiger partial charge in [-0.3, -0.25) is 9.69 Å². The van der Waals surface area contributed by atoms with Crippen LogP contribution in [0, 0.1) is 0 Å². The number of hydrogen-bond donors (Lipinski definition) is 1. The van der Waals surface area contributed by atoms with Crippen molar-refractivity contribution in [2.45, 2.75) is 63.5 Å². The van der Waals surface area contributed by atoms with Crippen molar-refractivity contribution in [3.63, 3.8) is 0 Å². The van der Waals surface area contributed by atoms with Crippen molar-refractivity contribution < 1.29 is 14.3 Å². The second-order valence-corrected chi connectivity index (χ2v) is 8.28. The summed E-state index contributed by atoms with van der Waals surface area (Å²) in [7, 11) is 1.69. The van der Waals surface area contributed by atoms with Crippen molar-refractivity contribution in [2.24, 2.45) is 0 Å². The van der Waals surface area contributed by atoms with Gasteiger partial charge in [-0.1, -0.05) is 25.0 Å². The number of hydrogen-bond acceptors (Lipinski definition) is 4. The van der Waals surface area contributed by atoms with Gasteiger partial charge in [0.05, 0.1) is 26.2 Å². The van der Waals surface area contributed by atoms with Crippen LogP contribution in [0.25, 0.3) is 0 Å². The molecular formula is C22H34N2O3. The fraction of sp³-hybridized carbons (Fsp3) is 0.682. The summed E-state index contributed by atoms with van der Waals surface area (Å²) in [5.74, 6) is 0.977. The van der Waals surface area contributed by atoms with E-state index >= 15 is 0 Å². The van der Waals surface area contributed by atoms with Crippen LogP contribution in [0.15, 0.2) is 24.3 Å². The molecule has 1 amide bonds. The third-order valence-corrected chi connectivity index (χ3v) is 6.20. The van der Waals surface area contributed by atoms with Crippen LogP contribution in [0.5, 0.6) is 5.75 Å². The van der Waals surface area contributed by atoms with E-state index in [1.807, 2.05) is 12.1 Å². The normalized spacial score (nSPS) is 22.7. The lowest BCUT2D eigenvalue weighted by Gasteiger charge is -2.35. The summed E-state index contributed by atoms with van der Waals surface area (Å²) in [4.78, 5) is 15.0. The van der Waals surface area contributed by atoms with Gasteiger partial charge < -0.3 is 14.8 Å². The Balaban J connectivity index is 1.56. The number of morpholine rings is 1. The van der Waals surface area contributed by atoms with Crippen molar-refractivity contribution in [1.82, 2.24) is 10.2 Å². The highest BCUT2D eigenvalue weighted by molar-refractivity contribution is 5.76. The van der Waals surface area contributed by atoms with Gasteiger partial charge in [0.15, 0.2) is 0 Å². The minimum absolute atomic E-state index is 0.00154. The molecule has 0 spiro atoms. The van der Waals surface area contributed by atoms with Crippen LogP contribution in [0.2, 0.25) is 0 Å². The van der Waals surface area contributed by atoms with Gasteiger partial charge in [-0.2, -0.15) is 0 Å². The molecule has 1 aliphatic heterocycles. The molecule has 1 saturated carbocycles. The molecule has 1 N–H and O–H groups in total. The summed E-state index contributed by atoms with van der Waals surface area (Å²) >= 11 is 0. The summed E-state index contributed by atoms with van der Waals surface area (Å²) in [5.41, 5.74) is 1.36. The zero-order chi connectivity index (χ0) is 19.3. The highest BCUT2D eigenvalue weighted by Gasteiger charge is 2.36. The Hall–Kier alpha value is -1.59. The van der Waals surface area contributed by atoms with E-state index < -0.39 is 0 Å². The molecular weight excluding hydrogens is 340 g/mol. The van der Waals surface area contributed by atoms with Crippen molar-refractivity contribution in [3.05, 3.63) is 29.8 Å². The van der Waals surface area contributed by atoms with E-state index in [1.165, 1.54) is 18.4 Å². The Morgan fingerprint density at radius 2 is 2.00 bits per heavy atom. The standard InChI is InChI=1S/C22H34N2O3/c1-17(2)24-12-13-27-20(15-24)14-21(25)23-16-22(10-4-5-11-22)18-6-8-19(26-3)9-7-18/h6-9,17,20H,4-5,10-16H2,1-3H3,(H,23,25). The highest BCUT2D eigenvalue weighted by atomic mass is 16.5. The first-order valence-corrected chi connectivity index (χ1v) is 10.3. The average molecular weight is 375 g/mol. The van der Waals surface area contributed by atoms with Crippen LogP contribution in [-0.2, 0) is 14.9 Å². The molecule has 1 heterocycles. The fourth-order valence-corrected chi connectivity index (χ4v) is 4.45. The Labute approximate surface area is 163 Å². The van der Waals surface area contributed by atoms with Gasteiger partial charge in [0.1, 0.15) is 5.75 Å². The maximum atomic E-state index is 12.6. The van der Waals surface area contributed by atoms with Gasteiger partial charge >= 0.3 is 0 Å². The average Bonchev–Trinajstić information content (AvgIpc) is 3.17. The van der Waals surface area contributed by atoms with Gasteiger partial charge in [0.25, 0.3) is 0 Å². The molecule has 5 nitrogen and oxygen atoms in total. The molecule has 0 bridgehead atoms. The van der Waals surface area contributed by atoms with Crippen LogP contribution >= 0.6 is 0 Å². The molecule has 0 radical (unpaired) electrons. The van der Waals surface area contributed by atoms with Crippen LogP contribution in [0.3, 0.4) is 0 Å². The first-order chi connectivity index (χ1) is 13.0. The number of methoxy groups -OCH3 is 1. The second-order valence-electron chi connectivity index (χ2n) is 8.28. The molecule has 2 aliphatic rings. The second kappa shape index (κ2) is 9.07. The molecule has 150 valence electrons. The Kier molecular flexibility index (Phi) is 6.77. The third-order valence-electron chi connectivity index (χ3n) is 6.20. The molecule has 5 heteroatoms. The maximum absolute atomic E-state index is 12.6. The van der Waals surface area contributed by atoms with Crippen LogP contribution in [0.1, 0.15) is 51.5 Å². The number of nitrogens with zero attached hydrogens (tertiary/aromatic N) is 1. The summed E-state index contributed by atoms with van der Waals surface area (Å²) in [6.45, 7) is 7.61. The Morgan fingerprint density at radius 3 is 2.63 bits per heavy atom. The SMILES string of the molecule is COc1ccc(C2(CNC(=O)CC3CN(C(C)C)CCO3)CCCC2)cc1. The zero-order valence-corrected chi connectivity index (χ0v) is 17.0. The fourth-order valence-electron chi connectivity index (χ4n) is 4.45. The topological polar surface area (TPSA) is 50.8 Å². The van der Waals surface area contributed by atoms with Gasteiger partial charge in [0, 0.05) is 31.1 Å². The van der Waals surface area contributed by atoms with E-state index in [1.54, 1.807) is 7.11 Å². The van der Waals surface area contributed by atoms with E-state index in [-0.39, 0.29) is 17.4 Å². The molecule has 1 aliphatic carbocycles. The lowest BCUT2D eigenvalue weighted by molar-refractivity contribution is -0.126. The van der Waals surface area contributed by atoms with Crippen molar-refractivity contribution in [2.75, 3.05) is 33.4 Å². The molecule has 3 rings (SSSR count). The van der Waals surface area contributed by atoms with Crippen molar-refractivity contribution in [3.8, 4) is 5.75 Å². The molecule has 1 saturated heterocycles. The van der Waals surface area contributed by atoms with Gasteiger partial charge in [-0.25, -0.2) is 0 Å². The monoisotopic (exact) mass is 374 g/mol. The number of carbonyl (C=O) groups excluding carboxylic acids is 1. The highest BCUT2D eigenvalue weighted by Crippen LogP contribution is 2.41. The number of nitrogens with one attached hydrogen (secondary N) is 1. The number of benzene rings is 1. The predicted molar refractivity (Wildman–Crippen MR) is 107 cm³/mol. The predicted octanol–water partition coefficient (Wildman–Crippen LogP) is 3.12. The van der Waals surface area contributed by atoms with E-state index in [2.05, 4.69) is 36.2 Å². The zero-order valence-electron chi connectivity index (χ0n) is 17.0. The van der Waals surface area contributed by atoms with Crippen LogP contribution in [0.4, 0.5) is 0 Å². The number of rotatable bonds is 7. The van der Waals surface area contributed by atoms with E-state index in [0.717, 1.165) is 31.7 Å². The van der Waals surface area contributed by atoms with Gasteiger partial charge in [-0.15, -0.1) is 0 Å².